The van der Waals surface area contributed by atoms with Gasteiger partial charge in [-0.3, -0.25) is 0 Å². The lowest BCUT2D eigenvalue weighted by Crippen LogP contribution is -2.23. The molecule has 0 bridgehead atoms. The van der Waals surface area contributed by atoms with Gasteiger partial charge in [-0.15, -0.1) is 0 Å². The van der Waals surface area contributed by atoms with Gasteiger partial charge in [0, 0.05) is 11.2 Å². The van der Waals surface area contributed by atoms with E-state index in [4.69, 9.17) is 9.16 Å². The quantitative estimate of drug-likeness (QED) is 0.267. The van der Waals surface area contributed by atoms with E-state index in [0.717, 1.165) is 25.3 Å². The maximum atomic E-state index is 11.6. The zero-order chi connectivity index (χ0) is 15.6. The minimum atomic E-state index is -0.531. The van der Waals surface area contributed by atoms with E-state index in [1.54, 1.807) is 6.92 Å². The van der Waals surface area contributed by atoms with Crippen molar-refractivity contribution in [2.45, 2.75) is 84.5 Å². The molecule has 0 fully saturated rings. The van der Waals surface area contributed by atoms with Gasteiger partial charge in [-0.2, -0.15) is 0 Å². The van der Waals surface area contributed by atoms with Crippen LogP contribution in [0.4, 0.5) is 0 Å². The summed E-state index contributed by atoms with van der Waals surface area (Å²) in [6, 6.07) is 1.05. The smallest absolute Gasteiger partial charge is 0.333 e. The molecule has 0 radical (unpaired) electrons. The third-order valence-electron chi connectivity index (χ3n) is 2.96. The molecule has 0 heterocycles. The Hall–Kier alpha value is -0.613. The first-order valence-electron chi connectivity index (χ1n) is 7.76. The topological polar surface area (TPSA) is 35.5 Å². The van der Waals surface area contributed by atoms with E-state index in [9.17, 15) is 4.79 Å². The third-order valence-corrected chi connectivity index (χ3v) is 4.72. The Morgan fingerprint density at radius 1 is 1.25 bits per heavy atom. The van der Waals surface area contributed by atoms with Gasteiger partial charge in [0.15, 0.2) is 9.76 Å². The number of hydrogen-bond donors (Lipinski definition) is 0. The van der Waals surface area contributed by atoms with E-state index in [1.165, 1.54) is 12.8 Å². The number of unbranched alkanes of at least 4 members (excludes halogenated alkanes) is 2. The van der Waals surface area contributed by atoms with Crippen LogP contribution in [0.15, 0.2) is 12.2 Å². The van der Waals surface area contributed by atoms with Crippen LogP contribution in [0.1, 0.15) is 66.7 Å². The SMILES string of the molecule is C=C(C)C(=O)OC(CCCCC)CC[SiH2]OC(C)(C)C. The van der Waals surface area contributed by atoms with Crippen molar-refractivity contribution < 1.29 is 14.0 Å². The number of ether oxygens (including phenoxy) is 1. The maximum Gasteiger partial charge on any atom is 0.333 e. The molecule has 20 heavy (non-hydrogen) atoms. The number of hydrogen-bond acceptors (Lipinski definition) is 3. The van der Waals surface area contributed by atoms with Crippen LogP contribution in [0.5, 0.6) is 0 Å². The molecule has 0 spiro atoms. The first-order chi connectivity index (χ1) is 9.26. The average molecular weight is 301 g/mol. The second kappa shape index (κ2) is 10.2. The average Bonchev–Trinajstić information content (AvgIpc) is 2.33. The van der Waals surface area contributed by atoms with Crippen LogP contribution in [0.3, 0.4) is 0 Å². The van der Waals surface area contributed by atoms with E-state index in [1.807, 2.05) is 0 Å². The number of esters is 1. The van der Waals surface area contributed by atoms with E-state index < -0.39 is 9.76 Å². The van der Waals surface area contributed by atoms with Crippen LogP contribution in [0.25, 0.3) is 0 Å². The second-order valence-electron chi connectivity index (χ2n) is 6.41. The minimum absolute atomic E-state index is 0.0295. The van der Waals surface area contributed by atoms with Crippen LogP contribution in [0.2, 0.25) is 6.04 Å². The summed E-state index contributed by atoms with van der Waals surface area (Å²) in [7, 11) is -0.531. The normalized spacial score (nSPS) is 13.7. The van der Waals surface area contributed by atoms with Crippen molar-refractivity contribution in [2.75, 3.05) is 0 Å². The standard InChI is InChI=1S/C16H32O3Si/c1-7-8-9-10-14(18-15(17)13(2)3)11-12-20-19-16(4,5)6/h14H,2,7-12,20H2,1,3-6H3. The first kappa shape index (κ1) is 19.4. The van der Waals surface area contributed by atoms with E-state index in [0.29, 0.717) is 5.57 Å². The maximum absolute atomic E-state index is 11.6. The summed E-state index contributed by atoms with van der Waals surface area (Å²) in [6.07, 6.45) is 5.40. The molecule has 1 unspecified atom stereocenters. The lowest BCUT2D eigenvalue weighted by molar-refractivity contribution is -0.144. The Morgan fingerprint density at radius 2 is 1.90 bits per heavy atom. The Labute approximate surface area is 127 Å². The molecule has 118 valence electrons. The minimum Gasteiger partial charge on any atom is -0.459 e. The van der Waals surface area contributed by atoms with Crippen LogP contribution in [-0.2, 0) is 14.0 Å². The molecule has 0 saturated carbocycles. The molecule has 0 aliphatic heterocycles. The summed E-state index contributed by atoms with van der Waals surface area (Å²) in [6.45, 7) is 13.8. The molecule has 0 N–H and O–H groups in total. The van der Waals surface area contributed by atoms with Crippen molar-refractivity contribution >= 4 is 15.7 Å². The van der Waals surface area contributed by atoms with Gasteiger partial charge in [0.1, 0.15) is 6.10 Å². The predicted octanol–water partition coefficient (Wildman–Crippen LogP) is 3.76. The highest BCUT2D eigenvalue weighted by molar-refractivity contribution is 6.27. The number of carbonyl (C=O) groups excluding carboxylic acids is 1. The van der Waals surface area contributed by atoms with E-state index >= 15 is 0 Å². The van der Waals surface area contributed by atoms with Crippen molar-refractivity contribution in [1.82, 2.24) is 0 Å². The van der Waals surface area contributed by atoms with Crippen LogP contribution < -0.4 is 0 Å². The van der Waals surface area contributed by atoms with Gasteiger partial charge in [0.05, 0.1) is 0 Å². The molecule has 0 aromatic rings. The highest BCUT2D eigenvalue weighted by Gasteiger charge is 2.16. The predicted molar refractivity (Wildman–Crippen MR) is 87.6 cm³/mol. The number of carbonyl (C=O) groups is 1. The molecule has 4 heteroatoms. The monoisotopic (exact) mass is 300 g/mol. The summed E-state index contributed by atoms with van der Waals surface area (Å²) in [5.74, 6) is -0.259. The van der Waals surface area contributed by atoms with Gasteiger partial charge in [-0.05, 0) is 53.0 Å². The van der Waals surface area contributed by atoms with Gasteiger partial charge in [0.2, 0.25) is 0 Å². The largest absolute Gasteiger partial charge is 0.459 e. The van der Waals surface area contributed by atoms with Crippen molar-refractivity contribution in [1.29, 1.82) is 0 Å². The molecular weight excluding hydrogens is 268 g/mol. The van der Waals surface area contributed by atoms with Crippen LogP contribution >= 0.6 is 0 Å². The fourth-order valence-corrected chi connectivity index (χ4v) is 3.20. The van der Waals surface area contributed by atoms with Crippen molar-refractivity contribution in [3.63, 3.8) is 0 Å². The number of rotatable bonds is 10. The van der Waals surface area contributed by atoms with Crippen molar-refractivity contribution in [3.8, 4) is 0 Å². The zero-order valence-corrected chi connectivity index (χ0v) is 15.4. The summed E-state index contributed by atoms with van der Waals surface area (Å²) < 4.78 is 11.4. The molecular formula is C16H32O3Si. The lowest BCUT2D eigenvalue weighted by atomic mass is 10.1. The first-order valence-corrected chi connectivity index (χ1v) is 9.34. The fourth-order valence-electron chi connectivity index (χ4n) is 1.83. The molecule has 0 aromatic heterocycles. The summed E-state index contributed by atoms with van der Waals surface area (Å²) in [5.41, 5.74) is 0.437. The Bertz CT molecular complexity index is 295. The van der Waals surface area contributed by atoms with Crippen LogP contribution in [-0.4, -0.2) is 27.4 Å². The Kier molecular flexibility index (Phi) is 9.85. The van der Waals surface area contributed by atoms with Crippen LogP contribution in [0, 0.1) is 0 Å². The molecule has 0 amide bonds. The van der Waals surface area contributed by atoms with Crippen molar-refractivity contribution in [2.24, 2.45) is 0 Å². The molecule has 0 aliphatic rings. The summed E-state index contributed by atoms with van der Waals surface area (Å²) >= 11 is 0. The summed E-state index contributed by atoms with van der Waals surface area (Å²) in [4.78, 5) is 11.6. The van der Waals surface area contributed by atoms with Gasteiger partial charge in [0.25, 0.3) is 0 Å². The molecule has 0 aliphatic carbocycles. The third kappa shape index (κ3) is 11.2. The van der Waals surface area contributed by atoms with Gasteiger partial charge in [-0.25, -0.2) is 4.79 Å². The lowest BCUT2D eigenvalue weighted by Gasteiger charge is -2.22. The van der Waals surface area contributed by atoms with Gasteiger partial charge in [-0.1, -0.05) is 26.3 Å². The van der Waals surface area contributed by atoms with E-state index in [2.05, 4.69) is 34.3 Å². The molecule has 0 saturated heterocycles. The zero-order valence-electron chi connectivity index (χ0n) is 14.0. The molecule has 1 atom stereocenters. The highest BCUT2D eigenvalue weighted by atomic mass is 28.2. The Morgan fingerprint density at radius 3 is 2.40 bits per heavy atom. The molecule has 0 rings (SSSR count). The Balaban J connectivity index is 4.10. The summed E-state index contributed by atoms with van der Waals surface area (Å²) in [5, 5.41) is 0. The second-order valence-corrected chi connectivity index (χ2v) is 7.81. The molecule has 3 nitrogen and oxygen atoms in total. The van der Waals surface area contributed by atoms with Gasteiger partial charge >= 0.3 is 5.97 Å². The molecule has 0 aromatic carbocycles. The van der Waals surface area contributed by atoms with E-state index in [-0.39, 0.29) is 17.7 Å². The fraction of sp³-hybridized carbons (Fsp3) is 0.812. The van der Waals surface area contributed by atoms with Gasteiger partial charge < -0.3 is 9.16 Å². The van der Waals surface area contributed by atoms with Crippen molar-refractivity contribution in [3.05, 3.63) is 12.2 Å². The highest BCUT2D eigenvalue weighted by Crippen LogP contribution is 2.15.